The zero-order valence-corrected chi connectivity index (χ0v) is 5.35. The van der Waals surface area contributed by atoms with Gasteiger partial charge in [0.15, 0.2) is 0 Å². The van der Waals surface area contributed by atoms with Gasteiger partial charge in [0.25, 0.3) is 0 Å². The summed E-state index contributed by atoms with van der Waals surface area (Å²) >= 11 is 0. The monoisotopic (exact) mass is 116 g/mol. The average Bonchev–Trinajstić information content (AvgIpc) is 2.14. The van der Waals surface area contributed by atoms with E-state index >= 15 is 0 Å². The molecule has 0 spiro atoms. The van der Waals surface area contributed by atoms with Crippen LogP contribution >= 0.6 is 0 Å². The summed E-state index contributed by atoms with van der Waals surface area (Å²) in [4.78, 5) is 0. The molecule has 1 heterocycles. The molecule has 1 N–H and O–H groups in total. The maximum atomic E-state index is 5.09. The summed E-state index contributed by atoms with van der Waals surface area (Å²) in [5.41, 5.74) is 3.13. The number of hydrazine groups is 1. The minimum absolute atomic E-state index is 0.287. The average molecular weight is 116 g/mol. The van der Waals surface area contributed by atoms with Crippen LogP contribution in [0.2, 0.25) is 0 Å². The van der Waals surface area contributed by atoms with Crippen LogP contribution in [0.3, 0.4) is 0 Å². The highest BCUT2D eigenvalue weighted by Gasteiger charge is 2.18. The molecule has 0 aromatic carbocycles. The quantitative estimate of drug-likeness (QED) is 0.513. The van der Waals surface area contributed by atoms with Gasteiger partial charge in [-0.25, -0.2) is 5.01 Å². The van der Waals surface area contributed by atoms with Gasteiger partial charge in [-0.15, -0.1) is 0 Å². The molecule has 1 saturated heterocycles. The number of ether oxygens (including phenoxy) is 1. The lowest BCUT2D eigenvalue weighted by Gasteiger charge is -2.15. The minimum atomic E-state index is 0.287. The first-order valence-corrected chi connectivity index (χ1v) is 2.83. The normalized spacial score (nSPS) is 31.5. The highest BCUT2D eigenvalue weighted by Crippen LogP contribution is 2.04. The van der Waals surface area contributed by atoms with E-state index < -0.39 is 0 Å². The Labute approximate surface area is 49.6 Å². The first-order valence-electron chi connectivity index (χ1n) is 2.83. The zero-order chi connectivity index (χ0) is 5.98. The Morgan fingerprint density at radius 3 is 2.75 bits per heavy atom. The molecule has 1 rings (SSSR count). The largest absolute Gasteiger partial charge is 0.365 e. The summed E-state index contributed by atoms with van der Waals surface area (Å²) in [6.07, 6.45) is 1.38. The molecule has 1 aliphatic rings. The van der Waals surface area contributed by atoms with Gasteiger partial charge in [-0.05, 0) is 0 Å². The first kappa shape index (κ1) is 6.01. The molecule has 0 radical (unpaired) electrons. The van der Waals surface area contributed by atoms with E-state index in [1.807, 2.05) is 12.1 Å². The van der Waals surface area contributed by atoms with Gasteiger partial charge in [0.1, 0.15) is 6.23 Å². The molecular weight excluding hydrogens is 104 g/mol. The molecule has 3 nitrogen and oxygen atoms in total. The Kier molecular flexibility index (Phi) is 1.83. The molecule has 0 aliphatic carbocycles. The Morgan fingerprint density at radius 1 is 1.75 bits per heavy atom. The number of hydrogen-bond donors (Lipinski definition) is 1. The van der Waals surface area contributed by atoms with Crippen LogP contribution in [0.1, 0.15) is 6.42 Å². The zero-order valence-electron chi connectivity index (χ0n) is 5.35. The summed E-state index contributed by atoms with van der Waals surface area (Å²) in [5, 5.41) is 1.99. The van der Waals surface area contributed by atoms with Crippen LogP contribution in [0.15, 0.2) is 0 Å². The van der Waals surface area contributed by atoms with Gasteiger partial charge < -0.3 is 4.74 Å². The van der Waals surface area contributed by atoms with Gasteiger partial charge >= 0.3 is 0 Å². The molecule has 1 unspecified atom stereocenters. The van der Waals surface area contributed by atoms with Crippen LogP contribution in [0.5, 0.6) is 0 Å². The van der Waals surface area contributed by atoms with Gasteiger partial charge in [0, 0.05) is 27.1 Å². The summed E-state index contributed by atoms with van der Waals surface area (Å²) in [7, 11) is 3.72. The SMILES string of the molecule is COC1CCNN1C. The highest BCUT2D eigenvalue weighted by atomic mass is 16.5. The van der Waals surface area contributed by atoms with Gasteiger partial charge in [-0.2, -0.15) is 0 Å². The smallest absolute Gasteiger partial charge is 0.123 e. The lowest BCUT2D eigenvalue weighted by molar-refractivity contribution is -0.00784. The van der Waals surface area contributed by atoms with Crippen molar-refractivity contribution < 1.29 is 4.74 Å². The number of rotatable bonds is 1. The second kappa shape index (κ2) is 2.44. The van der Waals surface area contributed by atoms with E-state index in [0.717, 1.165) is 13.0 Å². The molecule has 8 heavy (non-hydrogen) atoms. The van der Waals surface area contributed by atoms with E-state index in [9.17, 15) is 0 Å². The summed E-state index contributed by atoms with van der Waals surface area (Å²) in [6, 6.07) is 0. The molecule has 3 heteroatoms. The second-order valence-electron chi connectivity index (χ2n) is 2.00. The van der Waals surface area contributed by atoms with Crippen LogP contribution in [0.4, 0.5) is 0 Å². The molecule has 0 bridgehead atoms. The predicted molar refractivity (Wildman–Crippen MR) is 31.2 cm³/mol. The first-order chi connectivity index (χ1) is 3.84. The topological polar surface area (TPSA) is 24.5 Å². The molecule has 0 saturated carbocycles. The summed E-state index contributed by atoms with van der Waals surface area (Å²) < 4.78 is 5.09. The molecule has 1 fully saturated rings. The molecule has 0 amide bonds. The van der Waals surface area contributed by atoms with Gasteiger partial charge in [0.2, 0.25) is 0 Å². The van der Waals surface area contributed by atoms with E-state index in [0.29, 0.717) is 0 Å². The molecule has 1 atom stereocenters. The van der Waals surface area contributed by atoms with Crippen molar-refractivity contribution in [2.75, 3.05) is 20.7 Å². The van der Waals surface area contributed by atoms with E-state index in [1.165, 1.54) is 0 Å². The van der Waals surface area contributed by atoms with Crippen molar-refractivity contribution in [3.8, 4) is 0 Å². The third-order valence-corrected chi connectivity index (χ3v) is 1.46. The van der Waals surface area contributed by atoms with Crippen LogP contribution < -0.4 is 5.43 Å². The Balaban J connectivity index is 2.30. The third-order valence-electron chi connectivity index (χ3n) is 1.46. The van der Waals surface area contributed by atoms with Crippen LogP contribution in [0, 0.1) is 0 Å². The van der Waals surface area contributed by atoms with Gasteiger partial charge in [-0.3, -0.25) is 5.43 Å². The fraction of sp³-hybridized carbons (Fsp3) is 1.00. The van der Waals surface area contributed by atoms with E-state index in [2.05, 4.69) is 5.43 Å². The van der Waals surface area contributed by atoms with E-state index in [4.69, 9.17) is 4.74 Å². The highest BCUT2D eigenvalue weighted by molar-refractivity contribution is 4.62. The van der Waals surface area contributed by atoms with Gasteiger partial charge in [-0.1, -0.05) is 0 Å². The Morgan fingerprint density at radius 2 is 2.50 bits per heavy atom. The maximum Gasteiger partial charge on any atom is 0.123 e. The van der Waals surface area contributed by atoms with Crippen molar-refractivity contribution in [3.63, 3.8) is 0 Å². The van der Waals surface area contributed by atoms with Crippen molar-refractivity contribution in [1.29, 1.82) is 0 Å². The molecule has 0 aromatic rings. The van der Waals surface area contributed by atoms with Crippen molar-refractivity contribution in [3.05, 3.63) is 0 Å². The lowest BCUT2D eigenvalue weighted by atomic mass is 10.4. The second-order valence-corrected chi connectivity index (χ2v) is 2.00. The molecule has 0 aromatic heterocycles. The number of methoxy groups -OCH3 is 1. The minimum Gasteiger partial charge on any atom is -0.365 e. The van der Waals surface area contributed by atoms with E-state index in [-0.39, 0.29) is 6.23 Å². The predicted octanol–water partition coefficient (Wildman–Crippen LogP) is -0.201. The maximum absolute atomic E-state index is 5.09. The van der Waals surface area contributed by atoms with Crippen LogP contribution in [-0.4, -0.2) is 31.9 Å². The Bertz CT molecular complexity index is 76.8. The summed E-state index contributed by atoms with van der Waals surface area (Å²) in [5.74, 6) is 0. The van der Waals surface area contributed by atoms with Gasteiger partial charge in [0.05, 0.1) is 0 Å². The number of nitrogens with one attached hydrogen (secondary N) is 1. The van der Waals surface area contributed by atoms with E-state index in [1.54, 1.807) is 7.11 Å². The van der Waals surface area contributed by atoms with Crippen LogP contribution in [-0.2, 0) is 4.74 Å². The molecule has 48 valence electrons. The van der Waals surface area contributed by atoms with Crippen LogP contribution in [0.25, 0.3) is 0 Å². The fourth-order valence-electron chi connectivity index (χ4n) is 0.936. The number of nitrogens with zero attached hydrogens (tertiary/aromatic N) is 1. The van der Waals surface area contributed by atoms with Crippen molar-refractivity contribution in [1.82, 2.24) is 10.4 Å². The number of hydrogen-bond acceptors (Lipinski definition) is 3. The third kappa shape index (κ3) is 0.992. The van der Waals surface area contributed by atoms with Crippen molar-refractivity contribution >= 4 is 0 Å². The lowest BCUT2D eigenvalue weighted by Crippen LogP contribution is -2.33. The Hall–Kier alpha value is -0.120. The standard InChI is InChI=1S/C5H12N2O/c1-7-5(8-2)3-4-6-7/h5-6H,3-4H2,1-2H3. The van der Waals surface area contributed by atoms with Crippen molar-refractivity contribution in [2.45, 2.75) is 12.6 Å². The fourth-order valence-corrected chi connectivity index (χ4v) is 0.936. The summed E-state index contributed by atoms with van der Waals surface area (Å²) in [6.45, 7) is 1.04. The molecular formula is C5H12N2O. The van der Waals surface area contributed by atoms with Crippen molar-refractivity contribution in [2.24, 2.45) is 0 Å². The molecule has 1 aliphatic heterocycles.